The third-order valence-corrected chi connectivity index (χ3v) is 12.0. The summed E-state index contributed by atoms with van der Waals surface area (Å²) in [5.74, 6) is 0.759. The van der Waals surface area contributed by atoms with Crippen LogP contribution >= 0.6 is 0 Å². The van der Waals surface area contributed by atoms with E-state index in [0.717, 1.165) is 6.42 Å². The van der Waals surface area contributed by atoms with Gasteiger partial charge in [0.05, 0.1) is 11.0 Å². The average Bonchev–Trinajstić information content (AvgIpc) is 3.55. The predicted molar refractivity (Wildman–Crippen MR) is 208 cm³/mol. The van der Waals surface area contributed by atoms with Gasteiger partial charge in [0.1, 0.15) is 0 Å². The molecule has 1 aromatic heterocycles. The molecule has 0 bridgehead atoms. The molecular weight excluding hydrogens is 593 g/mol. The second kappa shape index (κ2) is 11.1. The van der Waals surface area contributed by atoms with E-state index in [1.54, 1.807) is 0 Å². The lowest BCUT2D eigenvalue weighted by Crippen LogP contribution is -2.36. The Hall–Kier alpha value is -5.34. The van der Waals surface area contributed by atoms with Gasteiger partial charge in [0.2, 0.25) is 0 Å². The van der Waals surface area contributed by atoms with E-state index in [1.807, 2.05) is 0 Å². The van der Waals surface area contributed by atoms with Crippen LogP contribution in [0.5, 0.6) is 0 Å². The van der Waals surface area contributed by atoms with Crippen LogP contribution in [-0.4, -0.2) is 4.57 Å². The number of anilines is 2. The maximum atomic E-state index is 2.49. The minimum Gasteiger partial charge on any atom is -0.314 e. The number of para-hydroxylation sites is 3. The van der Waals surface area contributed by atoms with Crippen LogP contribution in [0.25, 0.3) is 33.1 Å². The van der Waals surface area contributed by atoms with Crippen LogP contribution in [-0.2, 0) is 5.41 Å². The summed E-state index contributed by atoms with van der Waals surface area (Å²) in [6.07, 6.45) is 15.0. The van der Waals surface area contributed by atoms with Gasteiger partial charge in [-0.2, -0.15) is 0 Å². The largest absolute Gasteiger partial charge is 0.314 e. The van der Waals surface area contributed by atoms with E-state index in [1.165, 1.54) is 66.8 Å². The molecule has 2 heteroatoms. The molecule has 0 N–H and O–H groups in total. The fourth-order valence-corrected chi connectivity index (χ4v) is 9.00. The van der Waals surface area contributed by atoms with Crippen LogP contribution in [0.1, 0.15) is 56.7 Å². The Labute approximate surface area is 290 Å². The predicted octanol–water partition coefficient (Wildman–Crippen LogP) is 12.4. The molecule has 0 saturated heterocycles. The topological polar surface area (TPSA) is 8.17 Å². The maximum Gasteiger partial charge on any atom is 0.0541 e. The number of hydrogen-bond acceptors (Lipinski definition) is 1. The fraction of sp³-hybridized carbons (Fsp3) is 0.191. The summed E-state index contributed by atoms with van der Waals surface area (Å²) < 4.78 is 2.39. The Morgan fingerprint density at radius 1 is 0.673 bits per heavy atom. The zero-order valence-corrected chi connectivity index (χ0v) is 28.8. The zero-order chi connectivity index (χ0) is 33.3. The van der Waals surface area contributed by atoms with Crippen LogP contribution in [0.2, 0.25) is 0 Å². The average molecular weight is 635 g/mol. The van der Waals surface area contributed by atoms with Crippen LogP contribution < -0.4 is 4.90 Å². The highest BCUT2D eigenvalue weighted by Gasteiger charge is 2.53. The van der Waals surface area contributed by atoms with Gasteiger partial charge in [-0.05, 0) is 101 Å². The van der Waals surface area contributed by atoms with Crippen molar-refractivity contribution < 1.29 is 0 Å². The smallest absolute Gasteiger partial charge is 0.0541 e. The molecule has 3 atom stereocenters. The quantitative estimate of drug-likeness (QED) is 0.183. The molecular formula is C47H42N2. The van der Waals surface area contributed by atoms with Crippen LogP contribution in [0.3, 0.4) is 0 Å². The van der Waals surface area contributed by atoms with Gasteiger partial charge >= 0.3 is 0 Å². The summed E-state index contributed by atoms with van der Waals surface area (Å²) in [5.41, 5.74) is 13.1. The van der Waals surface area contributed by atoms with Crippen molar-refractivity contribution in [1.82, 2.24) is 4.57 Å². The molecule has 0 aliphatic heterocycles. The molecule has 0 fully saturated rings. The lowest BCUT2D eigenvalue weighted by Gasteiger charge is -2.41. The van der Waals surface area contributed by atoms with E-state index in [0.29, 0.717) is 11.8 Å². The van der Waals surface area contributed by atoms with Crippen molar-refractivity contribution in [1.29, 1.82) is 0 Å². The molecule has 0 radical (unpaired) electrons. The molecule has 1 heterocycles. The Morgan fingerprint density at radius 2 is 1.41 bits per heavy atom. The first kappa shape index (κ1) is 29.8. The molecule has 240 valence electrons. The lowest BCUT2D eigenvalue weighted by atomic mass is 9.62. The standard InChI is InChI=1S/C47H42N2/c1-32-29-36(23-25-38(32)33-22-27-45-41(30-33)39-19-11-12-21-44(39)49(45)35-17-9-6-10-18-35)48(34-15-7-5-8-16-34)37-24-26-40-42-20-13-14-28-47(42,4)46(2,3)43(40)31-37/h5-28,30-32,42H,29H2,1-4H3/t32?,42?,47-/m1/s1. The first-order valence-corrected chi connectivity index (χ1v) is 17.7. The molecule has 0 spiro atoms. The summed E-state index contributed by atoms with van der Waals surface area (Å²) in [5, 5.41) is 2.59. The van der Waals surface area contributed by atoms with E-state index in [-0.39, 0.29) is 10.8 Å². The fourth-order valence-electron chi connectivity index (χ4n) is 9.00. The van der Waals surface area contributed by atoms with Gasteiger partial charge in [-0.1, -0.05) is 125 Å². The Bertz CT molecular complexity index is 2370. The van der Waals surface area contributed by atoms with Gasteiger partial charge in [0.25, 0.3) is 0 Å². The molecule has 6 aromatic rings. The molecule has 49 heavy (non-hydrogen) atoms. The first-order valence-electron chi connectivity index (χ1n) is 17.7. The second-order valence-corrected chi connectivity index (χ2v) is 14.9. The third-order valence-electron chi connectivity index (χ3n) is 12.0. The van der Waals surface area contributed by atoms with Crippen molar-refractivity contribution in [2.24, 2.45) is 11.3 Å². The molecule has 3 aliphatic carbocycles. The van der Waals surface area contributed by atoms with Crippen molar-refractivity contribution in [3.63, 3.8) is 0 Å². The molecule has 9 rings (SSSR count). The number of nitrogens with zero attached hydrogens (tertiary/aromatic N) is 2. The number of rotatable bonds is 5. The lowest BCUT2D eigenvalue weighted by molar-refractivity contribution is 0.245. The highest BCUT2D eigenvalue weighted by Crippen LogP contribution is 2.61. The second-order valence-electron chi connectivity index (χ2n) is 14.9. The van der Waals surface area contributed by atoms with E-state index in [4.69, 9.17) is 0 Å². The third kappa shape index (κ3) is 4.47. The monoisotopic (exact) mass is 634 g/mol. The first-order chi connectivity index (χ1) is 23.8. The summed E-state index contributed by atoms with van der Waals surface area (Å²) in [6, 6.07) is 44.7. The van der Waals surface area contributed by atoms with Crippen molar-refractivity contribution >= 4 is 38.8 Å². The van der Waals surface area contributed by atoms with Gasteiger partial charge in [-0.25, -0.2) is 0 Å². The van der Waals surface area contributed by atoms with E-state index >= 15 is 0 Å². The number of hydrogen-bond donors (Lipinski definition) is 0. The van der Waals surface area contributed by atoms with E-state index in [9.17, 15) is 0 Å². The van der Waals surface area contributed by atoms with Crippen LogP contribution in [0.4, 0.5) is 11.4 Å². The normalized spacial score (nSPS) is 22.1. The molecule has 2 unspecified atom stereocenters. The zero-order valence-electron chi connectivity index (χ0n) is 28.8. The Kier molecular flexibility index (Phi) is 6.75. The van der Waals surface area contributed by atoms with Crippen molar-refractivity contribution in [2.45, 2.75) is 45.4 Å². The molecule has 2 nitrogen and oxygen atoms in total. The van der Waals surface area contributed by atoms with Gasteiger partial charge in [0, 0.05) is 44.9 Å². The van der Waals surface area contributed by atoms with Gasteiger partial charge < -0.3 is 9.47 Å². The summed E-state index contributed by atoms with van der Waals surface area (Å²) in [6.45, 7) is 9.67. The summed E-state index contributed by atoms with van der Waals surface area (Å²) in [4.78, 5) is 2.49. The SMILES string of the molecule is CC1CC(N(c2ccccc2)c2ccc3c(c2)C(C)(C)[C@]2(C)C=CC=CC32)=CC=C1c1ccc2c(c1)c1ccccc1n2-c1ccccc1. The maximum absolute atomic E-state index is 2.49. The van der Waals surface area contributed by atoms with E-state index < -0.39 is 0 Å². The Balaban J connectivity index is 1.14. The number of aromatic nitrogens is 1. The number of benzene rings is 5. The van der Waals surface area contributed by atoms with Crippen molar-refractivity contribution in [2.75, 3.05) is 4.90 Å². The highest BCUT2D eigenvalue weighted by atomic mass is 15.1. The highest BCUT2D eigenvalue weighted by molar-refractivity contribution is 6.10. The van der Waals surface area contributed by atoms with Gasteiger partial charge in [-0.15, -0.1) is 0 Å². The number of fused-ring (bicyclic) bond motifs is 6. The molecule has 5 aromatic carbocycles. The Morgan fingerprint density at radius 3 is 2.20 bits per heavy atom. The minimum atomic E-state index is 0.0101. The van der Waals surface area contributed by atoms with Crippen molar-refractivity contribution in [3.05, 3.63) is 180 Å². The van der Waals surface area contributed by atoms with Gasteiger partial charge in [0.15, 0.2) is 0 Å². The van der Waals surface area contributed by atoms with Gasteiger partial charge in [-0.3, -0.25) is 0 Å². The minimum absolute atomic E-state index is 0.0101. The summed E-state index contributed by atoms with van der Waals surface area (Å²) >= 11 is 0. The van der Waals surface area contributed by atoms with E-state index in [2.05, 4.69) is 195 Å². The van der Waals surface area contributed by atoms with Crippen LogP contribution in [0, 0.1) is 11.3 Å². The van der Waals surface area contributed by atoms with Crippen LogP contribution in [0.15, 0.2) is 163 Å². The molecule has 3 aliphatic rings. The molecule has 0 saturated carbocycles. The summed E-state index contributed by atoms with van der Waals surface area (Å²) in [7, 11) is 0. The number of allylic oxidation sites excluding steroid dienone is 8. The molecule has 0 amide bonds. The van der Waals surface area contributed by atoms with Crippen molar-refractivity contribution in [3.8, 4) is 5.69 Å².